The number of ether oxygens (including phenoxy) is 1. The molecule has 2 rings (SSSR count). The largest absolute Gasteiger partial charge is 0.573 e. The van der Waals surface area contributed by atoms with E-state index >= 15 is 0 Å². The van der Waals surface area contributed by atoms with E-state index in [1.54, 1.807) is 7.05 Å². The fraction of sp³-hybridized carbons (Fsp3) is 0.308. The molecule has 0 fully saturated rings. The molecule has 0 saturated heterocycles. The van der Waals surface area contributed by atoms with Crippen molar-refractivity contribution in [1.82, 2.24) is 14.1 Å². The molecule has 0 aliphatic heterocycles. The number of sulfonamides is 1. The highest BCUT2D eigenvalue weighted by Crippen LogP contribution is 2.28. The molecule has 1 aromatic carbocycles. The van der Waals surface area contributed by atoms with Crippen LogP contribution >= 0.6 is 0 Å². The molecule has 1 aromatic heterocycles. The molecule has 23 heavy (non-hydrogen) atoms. The summed E-state index contributed by atoms with van der Waals surface area (Å²) in [6.07, 6.45) is -2.37. The highest BCUT2D eigenvalue weighted by atomic mass is 32.2. The van der Waals surface area contributed by atoms with Gasteiger partial charge in [-0.15, -0.1) is 13.2 Å². The van der Waals surface area contributed by atoms with Gasteiger partial charge in [0.05, 0.1) is 6.20 Å². The molecule has 0 radical (unpaired) electrons. The molecular formula is C13H14F3N3O3S. The summed E-state index contributed by atoms with van der Waals surface area (Å²) in [5, 5.41) is 3.78. The van der Waals surface area contributed by atoms with Crippen LogP contribution in [0.15, 0.2) is 41.6 Å². The third-order valence-electron chi connectivity index (χ3n) is 2.98. The van der Waals surface area contributed by atoms with E-state index < -0.39 is 22.1 Å². The molecular weight excluding hydrogens is 335 g/mol. The number of aryl methyl sites for hydroxylation is 1. The number of halogens is 3. The third-order valence-corrected chi connectivity index (χ3v) is 4.74. The summed E-state index contributed by atoms with van der Waals surface area (Å²) in [6.45, 7) is -0.274. The minimum Gasteiger partial charge on any atom is -0.405 e. The first kappa shape index (κ1) is 17.3. The lowest BCUT2D eigenvalue weighted by atomic mass is 10.2. The predicted octanol–water partition coefficient (Wildman–Crippen LogP) is 2.14. The maximum Gasteiger partial charge on any atom is 0.573 e. The van der Waals surface area contributed by atoms with Crippen molar-refractivity contribution >= 4 is 10.0 Å². The van der Waals surface area contributed by atoms with Crippen LogP contribution in [0.3, 0.4) is 0 Å². The Kier molecular flexibility index (Phi) is 4.66. The summed E-state index contributed by atoms with van der Waals surface area (Å²) in [5.74, 6) is -0.437. The lowest BCUT2D eigenvalue weighted by Gasteiger charge is -2.19. The third kappa shape index (κ3) is 4.23. The second-order valence-electron chi connectivity index (χ2n) is 4.77. The van der Waals surface area contributed by atoms with Crippen molar-refractivity contribution in [3.8, 4) is 5.75 Å². The Balaban J connectivity index is 2.25. The Morgan fingerprint density at radius 3 is 2.52 bits per heavy atom. The average Bonchev–Trinajstić information content (AvgIpc) is 2.86. The highest BCUT2D eigenvalue weighted by molar-refractivity contribution is 7.89. The molecule has 0 bridgehead atoms. The number of para-hydroxylation sites is 1. The van der Waals surface area contributed by atoms with Crippen molar-refractivity contribution in [2.24, 2.45) is 7.05 Å². The SMILES string of the molecule is CN(Cc1ccccc1OC(F)(F)F)S(=O)(=O)c1cnn(C)c1. The molecule has 0 unspecified atom stereocenters. The van der Waals surface area contributed by atoms with Crippen LogP contribution in [0.2, 0.25) is 0 Å². The van der Waals surface area contributed by atoms with E-state index in [0.717, 1.165) is 10.4 Å². The molecule has 126 valence electrons. The van der Waals surface area contributed by atoms with E-state index in [2.05, 4.69) is 9.84 Å². The van der Waals surface area contributed by atoms with Gasteiger partial charge in [0.1, 0.15) is 10.6 Å². The second-order valence-corrected chi connectivity index (χ2v) is 6.81. The minimum atomic E-state index is -4.85. The number of rotatable bonds is 5. The Morgan fingerprint density at radius 1 is 1.30 bits per heavy atom. The van der Waals surface area contributed by atoms with Crippen LogP contribution in [0, 0.1) is 0 Å². The first-order valence-corrected chi connectivity index (χ1v) is 7.82. The van der Waals surface area contributed by atoms with E-state index in [9.17, 15) is 21.6 Å². The monoisotopic (exact) mass is 349 g/mol. The first-order valence-electron chi connectivity index (χ1n) is 6.38. The maximum atomic E-state index is 12.4. The van der Waals surface area contributed by atoms with Crippen LogP contribution in [-0.4, -0.2) is 35.9 Å². The fourth-order valence-electron chi connectivity index (χ4n) is 1.90. The van der Waals surface area contributed by atoms with Gasteiger partial charge in [0, 0.05) is 32.4 Å². The fourth-order valence-corrected chi connectivity index (χ4v) is 3.03. The zero-order valence-corrected chi connectivity index (χ0v) is 13.1. The van der Waals surface area contributed by atoms with Crippen molar-refractivity contribution in [3.05, 3.63) is 42.2 Å². The van der Waals surface area contributed by atoms with Gasteiger partial charge in [0.25, 0.3) is 0 Å². The highest BCUT2D eigenvalue weighted by Gasteiger charge is 2.32. The number of nitrogens with zero attached hydrogens (tertiary/aromatic N) is 3. The predicted molar refractivity (Wildman–Crippen MR) is 75.0 cm³/mol. The molecule has 0 atom stereocenters. The minimum absolute atomic E-state index is 0.0447. The molecule has 1 heterocycles. The van der Waals surface area contributed by atoms with Gasteiger partial charge < -0.3 is 4.74 Å². The molecule has 0 N–H and O–H groups in total. The number of benzene rings is 1. The van der Waals surface area contributed by atoms with Crippen LogP contribution in [0.25, 0.3) is 0 Å². The smallest absolute Gasteiger partial charge is 0.405 e. The quantitative estimate of drug-likeness (QED) is 0.830. The van der Waals surface area contributed by atoms with Crippen LogP contribution in [0.5, 0.6) is 5.75 Å². The lowest BCUT2D eigenvalue weighted by Crippen LogP contribution is -2.27. The van der Waals surface area contributed by atoms with Crippen molar-refractivity contribution in [2.45, 2.75) is 17.8 Å². The molecule has 0 aliphatic carbocycles. The Labute approximate surface area is 131 Å². The zero-order valence-electron chi connectivity index (χ0n) is 12.3. The summed E-state index contributed by atoms with van der Waals surface area (Å²) in [4.78, 5) is -0.0447. The summed E-state index contributed by atoms with van der Waals surface area (Å²) in [5.41, 5.74) is 0.0970. The van der Waals surface area contributed by atoms with E-state index in [4.69, 9.17) is 0 Å². The van der Waals surface area contributed by atoms with Crippen LogP contribution < -0.4 is 4.74 Å². The normalized spacial score (nSPS) is 12.6. The van der Waals surface area contributed by atoms with Gasteiger partial charge in [-0.25, -0.2) is 8.42 Å². The standard InChI is InChI=1S/C13H14F3N3O3S/c1-18-9-11(7-17-18)23(20,21)19(2)8-10-5-3-4-6-12(10)22-13(14,15)16/h3-7,9H,8H2,1-2H3. The molecule has 2 aromatic rings. The van der Waals surface area contributed by atoms with Crippen LogP contribution in [-0.2, 0) is 23.6 Å². The van der Waals surface area contributed by atoms with Crippen molar-refractivity contribution in [1.29, 1.82) is 0 Å². The van der Waals surface area contributed by atoms with Gasteiger partial charge >= 0.3 is 6.36 Å². The van der Waals surface area contributed by atoms with Gasteiger partial charge in [-0.2, -0.15) is 9.40 Å². The van der Waals surface area contributed by atoms with Gasteiger partial charge in [0.2, 0.25) is 10.0 Å². The first-order chi connectivity index (χ1) is 10.6. The Bertz CT molecular complexity index is 787. The van der Waals surface area contributed by atoms with Crippen LogP contribution in [0.1, 0.15) is 5.56 Å². The lowest BCUT2D eigenvalue weighted by molar-refractivity contribution is -0.274. The van der Waals surface area contributed by atoms with Crippen molar-refractivity contribution in [2.75, 3.05) is 7.05 Å². The Hall–Kier alpha value is -2.07. The number of hydrogen-bond acceptors (Lipinski definition) is 4. The van der Waals surface area contributed by atoms with Gasteiger partial charge in [-0.1, -0.05) is 18.2 Å². The second kappa shape index (κ2) is 6.20. The molecule has 0 spiro atoms. The molecule has 6 nitrogen and oxygen atoms in total. The molecule has 10 heteroatoms. The van der Waals surface area contributed by atoms with E-state index in [1.165, 1.54) is 42.3 Å². The topological polar surface area (TPSA) is 64.4 Å². The number of hydrogen-bond donors (Lipinski definition) is 0. The number of alkyl halides is 3. The molecule has 0 amide bonds. The van der Waals surface area contributed by atoms with Crippen LogP contribution in [0.4, 0.5) is 13.2 Å². The van der Waals surface area contributed by atoms with E-state index in [-0.39, 0.29) is 17.0 Å². The van der Waals surface area contributed by atoms with Gasteiger partial charge in [-0.3, -0.25) is 4.68 Å². The summed E-state index contributed by atoms with van der Waals surface area (Å²) in [7, 11) is -1.03. The average molecular weight is 349 g/mol. The Morgan fingerprint density at radius 2 is 1.96 bits per heavy atom. The zero-order chi connectivity index (χ0) is 17.3. The van der Waals surface area contributed by atoms with E-state index in [0.29, 0.717) is 0 Å². The molecule has 0 saturated carbocycles. The van der Waals surface area contributed by atoms with E-state index in [1.807, 2.05) is 0 Å². The summed E-state index contributed by atoms with van der Waals surface area (Å²) < 4.78 is 68.1. The van der Waals surface area contributed by atoms with Gasteiger partial charge in [0.15, 0.2) is 0 Å². The maximum absolute atomic E-state index is 12.4. The summed E-state index contributed by atoms with van der Waals surface area (Å²) >= 11 is 0. The van der Waals surface area contributed by atoms with Crippen molar-refractivity contribution in [3.63, 3.8) is 0 Å². The van der Waals surface area contributed by atoms with Gasteiger partial charge in [-0.05, 0) is 6.07 Å². The molecule has 0 aliphatic rings. The number of aromatic nitrogens is 2. The summed E-state index contributed by atoms with van der Waals surface area (Å²) in [6, 6.07) is 5.38. The van der Waals surface area contributed by atoms with Crippen molar-refractivity contribution < 1.29 is 26.3 Å².